The molecule has 0 amide bonds. The smallest absolute Gasteiger partial charge is 0.180 e. The molecule has 0 bridgehead atoms. The first-order valence-corrected chi connectivity index (χ1v) is 7.83. The van der Waals surface area contributed by atoms with Gasteiger partial charge in [-0.2, -0.15) is 0 Å². The van der Waals surface area contributed by atoms with Crippen LogP contribution in [0.25, 0.3) is 11.5 Å². The normalized spacial score (nSPS) is 15.3. The molecule has 0 saturated heterocycles. The molecule has 21 heavy (non-hydrogen) atoms. The number of anilines is 1. The average molecular weight is 282 g/mol. The lowest BCUT2D eigenvalue weighted by molar-refractivity contribution is 0.695. The Morgan fingerprint density at radius 1 is 1.14 bits per heavy atom. The predicted octanol–water partition coefficient (Wildman–Crippen LogP) is 3.94. The lowest BCUT2D eigenvalue weighted by Gasteiger charge is -2.13. The predicted molar refractivity (Wildman–Crippen MR) is 85.4 cm³/mol. The fourth-order valence-electron chi connectivity index (χ4n) is 2.95. The molecule has 2 heterocycles. The van der Waals surface area contributed by atoms with Crippen molar-refractivity contribution < 1.29 is 0 Å². The van der Waals surface area contributed by atoms with Gasteiger partial charge in [0.2, 0.25) is 0 Å². The van der Waals surface area contributed by atoms with Gasteiger partial charge >= 0.3 is 0 Å². The maximum atomic E-state index is 4.80. The molecule has 110 valence electrons. The molecule has 1 aliphatic rings. The largest absolute Gasteiger partial charge is 0.370 e. The van der Waals surface area contributed by atoms with Crippen molar-refractivity contribution in [3.63, 3.8) is 0 Å². The molecule has 1 fully saturated rings. The van der Waals surface area contributed by atoms with Gasteiger partial charge in [-0.15, -0.1) is 0 Å². The van der Waals surface area contributed by atoms with E-state index in [1.165, 1.54) is 25.7 Å². The number of pyridine rings is 1. The Kier molecular flexibility index (Phi) is 4.13. The van der Waals surface area contributed by atoms with Gasteiger partial charge in [0.15, 0.2) is 5.82 Å². The number of aromatic nitrogens is 3. The Hall–Kier alpha value is -1.97. The number of hydrogen-bond donors (Lipinski definition) is 1. The molecule has 2 aromatic rings. The van der Waals surface area contributed by atoms with E-state index in [2.05, 4.69) is 28.3 Å². The monoisotopic (exact) mass is 282 g/mol. The van der Waals surface area contributed by atoms with Gasteiger partial charge in [-0.05, 0) is 38.8 Å². The van der Waals surface area contributed by atoms with Gasteiger partial charge in [0.25, 0.3) is 0 Å². The van der Waals surface area contributed by atoms with Crippen LogP contribution in [-0.2, 0) is 0 Å². The van der Waals surface area contributed by atoms with Gasteiger partial charge in [0, 0.05) is 29.9 Å². The minimum absolute atomic E-state index is 0.578. The Morgan fingerprint density at radius 3 is 2.67 bits per heavy atom. The summed E-state index contributed by atoms with van der Waals surface area (Å²) in [6, 6.07) is 8.10. The lowest BCUT2D eigenvalue weighted by atomic mass is 10.0. The van der Waals surface area contributed by atoms with Crippen LogP contribution < -0.4 is 5.32 Å². The van der Waals surface area contributed by atoms with E-state index >= 15 is 0 Å². The second-order valence-corrected chi connectivity index (χ2v) is 5.68. The summed E-state index contributed by atoms with van der Waals surface area (Å²) < 4.78 is 0. The summed E-state index contributed by atoms with van der Waals surface area (Å²) in [6.45, 7) is 4.94. The van der Waals surface area contributed by atoms with E-state index < -0.39 is 0 Å². The van der Waals surface area contributed by atoms with Crippen LogP contribution >= 0.6 is 0 Å². The molecular weight excluding hydrogens is 260 g/mol. The third kappa shape index (κ3) is 3.20. The van der Waals surface area contributed by atoms with E-state index in [9.17, 15) is 0 Å². The van der Waals surface area contributed by atoms with Crippen molar-refractivity contribution in [3.8, 4) is 11.5 Å². The summed E-state index contributed by atoms with van der Waals surface area (Å²) in [6.07, 6.45) is 5.10. The number of aryl methyl sites for hydroxylation is 1. The highest BCUT2D eigenvalue weighted by Crippen LogP contribution is 2.34. The summed E-state index contributed by atoms with van der Waals surface area (Å²) in [5.41, 5.74) is 3.01. The van der Waals surface area contributed by atoms with Gasteiger partial charge in [-0.3, -0.25) is 0 Å². The molecule has 1 saturated carbocycles. The van der Waals surface area contributed by atoms with Crippen molar-refractivity contribution in [1.82, 2.24) is 15.0 Å². The van der Waals surface area contributed by atoms with Gasteiger partial charge < -0.3 is 5.32 Å². The van der Waals surface area contributed by atoms with E-state index in [1.54, 1.807) is 0 Å². The molecule has 0 spiro atoms. The zero-order chi connectivity index (χ0) is 14.7. The van der Waals surface area contributed by atoms with Crippen molar-refractivity contribution >= 4 is 5.82 Å². The Labute approximate surface area is 126 Å². The van der Waals surface area contributed by atoms with Crippen LogP contribution in [-0.4, -0.2) is 21.5 Å². The highest BCUT2D eigenvalue weighted by atomic mass is 15.0. The highest BCUT2D eigenvalue weighted by Gasteiger charge is 2.20. The van der Waals surface area contributed by atoms with E-state index in [-0.39, 0.29) is 0 Å². The van der Waals surface area contributed by atoms with E-state index in [1.807, 2.05) is 25.1 Å². The third-order valence-corrected chi connectivity index (χ3v) is 3.99. The average Bonchev–Trinajstić information content (AvgIpc) is 3.01. The van der Waals surface area contributed by atoms with Crippen LogP contribution in [0.3, 0.4) is 0 Å². The van der Waals surface area contributed by atoms with Gasteiger partial charge in [0.05, 0.1) is 0 Å². The maximum Gasteiger partial charge on any atom is 0.180 e. The number of rotatable bonds is 4. The summed E-state index contributed by atoms with van der Waals surface area (Å²) in [5.74, 6) is 2.22. The molecule has 2 aromatic heterocycles. The first-order valence-electron chi connectivity index (χ1n) is 7.83. The fourth-order valence-corrected chi connectivity index (χ4v) is 2.95. The Bertz CT molecular complexity index is 618. The number of hydrogen-bond acceptors (Lipinski definition) is 4. The Morgan fingerprint density at radius 2 is 1.95 bits per heavy atom. The van der Waals surface area contributed by atoms with Gasteiger partial charge in [-0.25, -0.2) is 15.0 Å². The topological polar surface area (TPSA) is 50.7 Å². The van der Waals surface area contributed by atoms with Crippen molar-refractivity contribution in [2.75, 3.05) is 11.9 Å². The second-order valence-electron chi connectivity index (χ2n) is 5.68. The Balaban J connectivity index is 2.02. The van der Waals surface area contributed by atoms with Crippen molar-refractivity contribution in [1.29, 1.82) is 0 Å². The van der Waals surface area contributed by atoms with Crippen molar-refractivity contribution in [3.05, 3.63) is 35.7 Å². The zero-order valence-electron chi connectivity index (χ0n) is 12.8. The van der Waals surface area contributed by atoms with Gasteiger partial charge in [0.1, 0.15) is 11.5 Å². The van der Waals surface area contributed by atoms with Gasteiger partial charge in [-0.1, -0.05) is 18.9 Å². The fraction of sp³-hybridized carbons (Fsp3) is 0.471. The van der Waals surface area contributed by atoms with Crippen molar-refractivity contribution in [2.45, 2.75) is 45.4 Å². The summed E-state index contributed by atoms with van der Waals surface area (Å²) in [5, 5.41) is 3.32. The SMILES string of the molecule is CCNc1cc(C2CCCC2)nc(-c2cccc(C)n2)n1. The van der Waals surface area contributed by atoms with E-state index in [4.69, 9.17) is 4.98 Å². The van der Waals surface area contributed by atoms with Crippen LogP contribution in [0.2, 0.25) is 0 Å². The maximum absolute atomic E-state index is 4.80. The number of nitrogens with one attached hydrogen (secondary N) is 1. The minimum Gasteiger partial charge on any atom is -0.370 e. The third-order valence-electron chi connectivity index (χ3n) is 3.99. The first kappa shape index (κ1) is 14.0. The molecular formula is C17H22N4. The van der Waals surface area contributed by atoms with E-state index in [0.717, 1.165) is 35.3 Å². The van der Waals surface area contributed by atoms with Crippen LogP contribution in [0.5, 0.6) is 0 Å². The molecule has 3 rings (SSSR count). The zero-order valence-corrected chi connectivity index (χ0v) is 12.8. The quantitative estimate of drug-likeness (QED) is 0.923. The molecule has 1 N–H and O–H groups in total. The first-order chi connectivity index (χ1) is 10.3. The molecule has 0 radical (unpaired) electrons. The summed E-state index contributed by atoms with van der Waals surface area (Å²) >= 11 is 0. The molecule has 0 unspecified atom stereocenters. The minimum atomic E-state index is 0.578. The molecule has 0 atom stereocenters. The second kappa shape index (κ2) is 6.20. The van der Waals surface area contributed by atoms with Crippen LogP contribution in [0.4, 0.5) is 5.82 Å². The summed E-state index contributed by atoms with van der Waals surface area (Å²) in [4.78, 5) is 14.0. The van der Waals surface area contributed by atoms with Crippen LogP contribution in [0.1, 0.15) is 49.9 Å². The van der Waals surface area contributed by atoms with Crippen molar-refractivity contribution in [2.24, 2.45) is 0 Å². The number of nitrogens with zero attached hydrogens (tertiary/aromatic N) is 3. The molecule has 1 aliphatic carbocycles. The molecule has 0 aromatic carbocycles. The molecule has 4 heteroatoms. The van der Waals surface area contributed by atoms with Crippen LogP contribution in [0, 0.1) is 6.92 Å². The van der Waals surface area contributed by atoms with Crippen LogP contribution in [0.15, 0.2) is 24.3 Å². The lowest BCUT2D eigenvalue weighted by Crippen LogP contribution is -2.06. The molecule has 0 aliphatic heterocycles. The molecule has 4 nitrogen and oxygen atoms in total. The van der Waals surface area contributed by atoms with E-state index in [0.29, 0.717) is 5.92 Å². The summed E-state index contributed by atoms with van der Waals surface area (Å²) in [7, 11) is 0. The highest BCUT2D eigenvalue weighted by molar-refractivity contribution is 5.53. The standard InChI is InChI=1S/C17H22N4/c1-3-18-16-11-15(13-8-4-5-9-13)20-17(21-16)14-10-6-7-12(2)19-14/h6-7,10-11,13H,3-5,8-9H2,1-2H3,(H,18,20,21).